The molecule has 0 radical (unpaired) electrons. The summed E-state index contributed by atoms with van der Waals surface area (Å²) in [5.74, 6) is -0.207. The van der Waals surface area contributed by atoms with Gasteiger partial charge in [0.15, 0.2) is 0 Å². The van der Waals surface area contributed by atoms with Gasteiger partial charge in [-0.1, -0.05) is 0 Å². The van der Waals surface area contributed by atoms with Crippen LogP contribution in [0.4, 0.5) is 4.39 Å². The molecular weight excluding hydrogens is 270 g/mol. The molecule has 2 rings (SSSR count). The van der Waals surface area contributed by atoms with Gasteiger partial charge in [-0.2, -0.15) is 5.10 Å². The van der Waals surface area contributed by atoms with E-state index in [0.717, 1.165) is 5.39 Å². The molecule has 0 saturated heterocycles. The van der Waals surface area contributed by atoms with Crippen molar-refractivity contribution >= 4 is 33.5 Å². The third-order valence-electron chi connectivity index (χ3n) is 1.66. The van der Waals surface area contributed by atoms with Crippen molar-refractivity contribution in [2.75, 3.05) is 0 Å². The summed E-state index contributed by atoms with van der Waals surface area (Å²) in [5.41, 5.74) is 0.704. The number of hydrogen-bond acceptors (Lipinski definition) is 1. The van der Waals surface area contributed by atoms with Gasteiger partial charge in [0.25, 0.3) is 0 Å². The van der Waals surface area contributed by atoms with Crippen LogP contribution >= 0.6 is 22.6 Å². The number of hydrogen-bond donors (Lipinski definition) is 0. The Morgan fingerprint density at radius 1 is 1.50 bits per heavy atom. The Hall–Kier alpha value is -0.650. The van der Waals surface area contributed by atoms with Gasteiger partial charge in [0.05, 0.1) is 5.52 Å². The molecule has 0 atom stereocenters. The van der Waals surface area contributed by atoms with Crippen LogP contribution < -0.4 is 0 Å². The second-order valence-electron chi connectivity index (χ2n) is 2.63. The topological polar surface area (TPSA) is 17.8 Å². The quantitative estimate of drug-likeness (QED) is 0.675. The molecule has 0 aliphatic heterocycles. The molecule has 12 heavy (non-hydrogen) atoms. The highest BCUT2D eigenvalue weighted by molar-refractivity contribution is 14.1. The summed E-state index contributed by atoms with van der Waals surface area (Å²) in [6.45, 7) is 0. The predicted octanol–water partition coefficient (Wildman–Crippen LogP) is 2.32. The maximum absolute atomic E-state index is 13.0. The number of aromatic nitrogens is 2. The molecular formula is C8H6FIN2. The second-order valence-corrected chi connectivity index (χ2v) is 3.79. The first-order chi connectivity index (χ1) is 5.66. The summed E-state index contributed by atoms with van der Waals surface area (Å²) in [4.78, 5) is 0. The minimum absolute atomic E-state index is 0.207. The van der Waals surface area contributed by atoms with E-state index in [2.05, 4.69) is 5.10 Å². The minimum atomic E-state index is -0.207. The summed E-state index contributed by atoms with van der Waals surface area (Å²) >= 11 is 1.97. The molecule has 0 fully saturated rings. The lowest BCUT2D eigenvalue weighted by Gasteiger charge is -1.91. The van der Waals surface area contributed by atoms with Gasteiger partial charge in [0.2, 0.25) is 0 Å². The zero-order valence-electron chi connectivity index (χ0n) is 6.38. The number of aryl methyl sites for hydroxylation is 1. The van der Waals surface area contributed by atoms with Crippen LogP contribution in [0.2, 0.25) is 0 Å². The van der Waals surface area contributed by atoms with Gasteiger partial charge in [-0.05, 0) is 28.7 Å². The highest BCUT2D eigenvalue weighted by atomic mass is 127. The summed E-state index contributed by atoms with van der Waals surface area (Å²) in [6.07, 6.45) is 1.87. The molecule has 0 aliphatic rings. The van der Waals surface area contributed by atoms with Crippen LogP contribution in [0.25, 0.3) is 10.9 Å². The summed E-state index contributed by atoms with van der Waals surface area (Å²) in [5, 5.41) is 5.06. The van der Waals surface area contributed by atoms with Gasteiger partial charge in [0.1, 0.15) is 5.82 Å². The molecule has 1 heterocycles. The first-order valence-corrected chi connectivity index (χ1v) is 4.53. The van der Waals surface area contributed by atoms with E-state index in [9.17, 15) is 4.39 Å². The molecule has 2 nitrogen and oxygen atoms in total. The molecule has 0 N–H and O–H groups in total. The van der Waals surface area contributed by atoms with E-state index in [-0.39, 0.29) is 5.82 Å². The van der Waals surface area contributed by atoms with Crippen molar-refractivity contribution in [1.29, 1.82) is 0 Å². The molecule has 0 unspecified atom stereocenters. The Kier molecular flexibility index (Phi) is 1.79. The van der Waals surface area contributed by atoms with Crippen molar-refractivity contribution in [2.24, 2.45) is 7.05 Å². The van der Waals surface area contributed by atoms with Gasteiger partial charge in [0, 0.05) is 28.3 Å². The molecule has 0 bridgehead atoms. The second kappa shape index (κ2) is 2.69. The average molecular weight is 276 g/mol. The van der Waals surface area contributed by atoms with Crippen LogP contribution in [0.15, 0.2) is 18.3 Å². The largest absolute Gasteiger partial charge is 0.275 e. The molecule has 1 aromatic heterocycles. The molecule has 0 spiro atoms. The molecule has 1 aromatic carbocycles. The van der Waals surface area contributed by atoms with Gasteiger partial charge >= 0.3 is 0 Å². The Bertz CT molecular complexity index is 397. The number of nitrogens with zero attached hydrogens (tertiary/aromatic N) is 2. The third-order valence-corrected chi connectivity index (χ3v) is 2.49. The van der Waals surface area contributed by atoms with E-state index >= 15 is 0 Å². The zero-order valence-corrected chi connectivity index (χ0v) is 8.54. The number of fused-ring (bicyclic) bond motifs is 1. The summed E-state index contributed by atoms with van der Waals surface area (Å²) in [6, 6.07) is 3.25. The van der Waals surface area contributed by atoms with Gasteiger partial charge < -0.3 is 0 Å². The Morgan fingerprint density at radius 2 is 2.25 bits per heavy atom. The molecule has 0 amide bonds. The highest BCUT2D eigenvalue weighted by Crippen LogP contribution is 2.18. The van der Waals surface area contributed by atoms with Crippen LogP contribution in [0.5, 0.6) is 0 Å². The lowest BCUT2D eigenvalue weighted by atomic mass is 10.2. The van der Waals surface area contributed by atoms with E-state index in [0.29, 0.717) is 9.09 Å². The van der Waals surface area contributed by atoms with E-state index < -0.39 is 0 Å². The maximum Gasteiger partial charge on any atom is 0.138 e. The fourth-order valence-corrected chi connectivity index (χ4v) is 1.63. The van der Waals surface area contributed by atoms with E-state index in [1.54, 1.807) is 10.7 Å². The van der Waals surface area contributed by atoms with Crippen LogP contribution in [0.3, 0.4) is 0 Å². The Morgan fingerprint density at radius 3 is 3.00 bits per heavy atom. The standard InChI is InChI=1S/C8H6FIN2/c1-12-4-5-2-7(10)6(9)3-8(5)11-12/h2-4H,1H3. The van der Waals surface area contributed by atoms with E-state index in [1.807, 2.05) is 35.8 Å². The van der Waals surface area contributed by atoms with Crippen molar-refractivity contribution in [3.05, 3.63) is 27.7 Å². The molecule has 2 aromatic rings. The molecule has 0 saturated carbocycles. The molecule has 4 heteroatoms. The maximum atomic E-state index is 13.0. The highest BCUT2D eigenvalue weighted by Gasteiger charge is 2.03. The van der Waals surface area contributed by atoms with Crippen LogP contribution in [0, 0.1) is 9.39 Å². The minimum Gasteiger partial charge on any atom is -0.275 e. The lowest BCUT2D eigenvalue weighted by molar-refractivity contribution is 0.622. The zero-order chi connectivity index (χ0) is 8.72. The first kappa shape index (κ1) is 7.97. The van der Waals surface area contributed by atoms with Gasteiger partial charge in [-0.3, -0.25) is 4.68 Å². The van der Waals surface area contributed by atoms with Crippen molar-refractivity contribution < 1.29 is 4.39 Å². The van der Waals surface area contributed by atoms with E-state index in [1.165, 1.54) is 6.07 Å². The number of benzene rings is 1. The SMILES string of the molecule is Cn1cc2cc(I)c(F)cc2n1. The van der Waals surface area contributed by atoms with Crippen LogP contribution in [-0.2, 0) is 7.05 Å². The van der Waals surface area contributed by atoms with E-state index in [4.69, 9.17) is 0 Å². The third kappa shape index (κ3) is 1.20. The number of halogens is 2. The molecule has 62 valence electrons. The molecule has 0 aliphatic carbocycles. The van der Waals surface area contributed by atoms with Gasteiger partial charge in [-0.15, -0.1) is 0 Å². The number of rotatable bonds is 0. The summed E-state index contributed by atoms with van der Waals surface area (Å²) < 4.78 is 15.3. The lowest BCUT2D eigenvalue weighted by Crippen LogP contribution is -1.85. The fraction of sp³-hybridized carbons (Fsp3) is 0.125. The predicted molar refractivity (Wildman–Crippen MR) is 53.4 cm³/mol. The van der Waals surface area contributed by atoms with Gasteiger partial charge in [-0.25, -0.2) is 4.39 Å². The average Bonchev–Trinajstić information content (AvgIpc) is 2.30. The van der Waals surface area contributed by atoms with Crippen LogP contribution in [-0.4, -0.2) is 9.78 Å². The smallest absolute Gasteiger partial charge is 0.138 e. The van der Waals surface area contributed by atoms with Crippen molar-refractivity contribution in [3.63, 3.8) is 0 Å². The first-order valence-electron chi connectivity index (χ1n) is 3.45. The van der Waals surface area contributed by atoms with Crippen molar-refractivity contribution in [3.8, 4) is 0 Å². The summed E-state index contributed by atoms with van der Waals surface area (Å²) in [7, 11) is 1.82. The van der Waals surface area contributed by atoms with Crippen LogP contribution in [0.1, 0.15) is 0 Å². The monoisotopic (exact) mass is 276 g/mol. The Balaban J connectivity index is 2.83. The fourth-order valence-electron chi connectivity index (χ4n) is 1.14. The van der Waals surface area contributed by atoms with Crippen molar-refractivity contribution in [1.82, 2.24) is 9.78 Å². The normalized spacial score (nSPS) is 10.9. The van der Waals surface area contributed by atoms with Crippen molar-refractivity contribution in [2.45, 2.75) is 0 Å². The Labute approximate surface area is 82.5 Å².